The monoisotopic (exact) mass is 506 g/mol. The van der Waals surface area contributed by atoms with Crippen LogP contribution in [0.15, 0.2) is 36.7 Å². The predicted octanol–water partition coefficient (Wildman–Crippen LogP) is 9.05. The minimum atomic E-state index is 0.0267. The minimum Gasteiger partial charge on any atom is -0.462 e. The van der Waals surface area contributed by atoms with Crippen LogP contribution in [0.2, 0.25) is 0 Å². The van der Waals surface area contributed by atoms with Gasteiger partial charge in [-0.05, 0) is 62.5 Å². The summed E-state index contributed by atoms with van der Waals surface area (Å²) in [5.41, 5.74) is 3.60. The van der Waals surface area contributed by atoms with Gasteiger partial charge in [0.15, 0.2) is 5.82 Å². The van der Waals surface area contributed by atoms with Crippen LogP contribution < -0.4 is 0 Å². The van der Waals surface area contributed by atoms with Crippen molar-refractivity contribution in [1.82, 2.24) is 9.97 Å². The molecule has 2 heterocycles. The molecule has 0 saturated carbocycles. The lowest BCUT2D eigenvalue weighted by atomic mass is 9.95. The topological polar surface area (TPSA) is 52.1 Å². The zero-order valence-electron chi connectivity index (χ0n) is 23.6. The van der Waals surface area contributed by atoms with E-state index >= 15 is 0 Å². The minimum absolute atomic E-state index is 0.0267. The Morgan fingerprint density at radius 1 is 0.703 bits per heavy atom. The molecule has 0 bridgehead atoms. The smallest absolute Gasteiger partial charge is 0.309 e. The Kier molecular flexibility index (Phi) is 13.7. The summed E-state index contributed by atoms with van der Waals surface area (Å²) in [6, 6.07) is 8.60. The first-order chi connectivity index (χ1) is 18.2. The van der Waals surface area contributed by atoms with Crippen molar-refractivity contribution in [1.29, 1.82) is 0 Å². The van der Waals surface area contributed by atoms with E-state index in [4.69, 9.17) is 4.74 Å². The summed E-state index contributed by atoms with van der Waals surface area (Å²) < 4.78 is 5.63. The van der Waals surface area contributed by atoms with Crippen molar-refractivity contribution in [3.05, 3.63) is 47.8 Å². The largest absolute Gasteiger partial charge is 0.462 e. The van der Waals surface area contributed by atoms with Crippen LogP contribution in [-0.4, -0.2) is 22.0 Å². The lowest BCUT2D eigenvalue weighted by Crippen LogP contribution is -2.07. The number of benzene rings is 1. The molecule has 1 fully saturated rings. The third kappa shape index (κ3) is 11.0. The van der Waals surface area contributed by atoms with Gasteiger partial charge in [0, 0.05) is 18.0 Å². The molecule has 3 rings (SSSR count). The average molecular weight is 507 g/mol. The summed E-state index contributed by atoms with van der Waals surface area (Å²) >= 11 is 0. The van der Waals surface area contributed by atoms with E-state index in [0.717, 1.165) is 49.9 Å². The maximum absolute atomic E-state index is 12.2. The number of nitrogens with zero attached hydrogens (tertiary/aromatic N) is 2. The third-order valence-electron chi connectivity index (χ3n) is 7.80. The highest BCUT2D eigenvalue weighted by molar-refractivity contribution is 5.74. The van der Waals surface area contributed by atoms with Crippen molar-refractivity contribution >= 4 is 5.97 Å². The molecule has 1 aromatic heterocycles. The molecular weight excluding hydrogens is 456 g/mol. The first-order valence-corrected chi connectivity index (χ1v) is 15.3. The van der Waals surface area contributed by atoms with E-state index in [0.29, 0.717) is 0 Å². The lowest BCUT2D eigenvalue weighted by Gasteiger charge is -2.08. The molecule has 1 saturated heterocycles. The molecule has 0 N–H and O–H groups in total. The summed E-state index contributed by atoms with van der Waals surface area (Å²) in [5, 5.41) is 0. The summed E-state index contributed by atoms with van der Waals surface area (Å²) in [6.45, 7) is 4.50. The van der Waals surface area contributed by atoms with Crippen LogP contribution in [0.5, 0.6) is 0 Å². The number of ether oxygens (including phenoxy) is 1. The summed E-state index contributed by atoms with van der Waals surface area (Å²) in [6.07, 6.45) is 25.8. The van der Waals surface area contributed by atoms with Crippen molar-refractivity contribution in [2.75, 3.05) is 0 Å². The molecule has 4 nitrogen and oxygen atoms in total. The molecule has 2 atom stereocenters. The highest BCUT2D eigenvalue weighted by Gasteiger charge is 2.33. The normalized spacial score (nSPS) is 17.3. The van der Waals surface area contributed by atoms with Crippen molar-refractivity contribution < 1.29 is 9.53 Å². The van der Waals surface area contributed by atoms with E-state index in [2.05, 4.69) is 48.1 Å². The molecule has 0 spiro atoms. The molecule has 2 aromatic rings. The summed E-state index contributed by atoms with van der Waals surface area (Å²) in [5.74, 6) is 0.914. The van der Waals surface area contributed by atoms with E-state index < -0.39 is 0 Å². The molecule has 4 heteroatoms. The van der Waals surface area contributed by atoms with Gasteiger partial charge < -0.3 is 4.74 Å². The van der Waals surface area contributed by atoms with Crippen LogP contribution in [0, 0.1) is 5.92 Å². The van der Waals surface area contributed by atoms with Crippen molar-refractivity contribution in [3.63, 3.8) is 0 Å². The van der Waals surface area contributed by atoms with Gasteiger partial charge in [-0.25, -0.2) is 9.97 Å². The highest BCUT2D eigenvalue weighted by atomic mass is 16.5. The van der Waals surface area contributed by atoms with Crippen LogP contribution in [0.1, 0.15) is 128 Å². The van der Waals surface area contributed by atoms with Crippen LogP contribution in [-0.2, 0) is 22.4 Å². The van der Waals surface area contributed by atoms with E-state index in [9.17, 15) is 4.79 Å². The fourth-order valence-corrected chi connectivity index (χ4v) is 5.40. The van der Waals surface area contributed by atoms with Gasteiger partial charge in [-0.2, -0.15) is 0 Å². The Labute approximate surface area is 226 Å². The maximum atomic E-state index is 12.2. The molecule has 37 heavy (non-hydrogen) atoms. The Balaban J connectivity index is 1.32. The fourth-order valence-electron chi connectivity index (χ4n) is 5.40. The SMILES string of the molecule is CCCCCCCCCCc1cnc(-c2ccc(CCC[C@H]3C[C@H](CCCCCC)OC3=O)cc2)nc1. The van der Waals surface area contributed by atoms with Gasteiger partial charge in [-0.15, -0.1) is 0 Å². The van der Waals surface area contributed by atoms with Crippen LogP contribution in [0.3, 0.4) is 0 Å². The molecule has 1 aliphatic rings. The van der Waals surface area contributed by atoms with E-state index in [-0.39, 0.29) is 18.0 Å². The van der Waals surface area contributed by atoms with Crippen molar-refractivity contribution in [2.45, 2.75) is 136 Å². The maximum Gasteiger partial charge on any atom is 0.309 e. The van der Waals surface area contributed by atoms with Gasteiger partial charge in [-0.1, -0.05) is 102 Å². The van der Waals surface area contributed by atoms with Gasteiger partial charge in [0.05, 0.1) is 5.92 Å². The zero-order valence-corrected chi connectivity index (χ0v) is 23.6. The summed E-state index contributed by atoms with van der Waals surface area (Å²) in [4.78, 5) is 21.5. The molecule has 0 unspecified atom stereocenters. The number of rotatable bonds is 19. The van der Waals surface area contributed by atoms with Gasteiger partial charge in [0.2, 0.25) is 0 Å². The molecule has 1 aliphatic heterocycles. The van der Waals surface area contributed by atoms with Crippen molar-refractivity contribution in [3.8, 4) is 11.4 Å². The van der Waals surface area contributed by atoms with E-state index in [1.807, 2.05) is 12.4 Å². The number of aryl methyl sites for hydroxylation is 2. The van der Waals surface area contributed by atoms with Crippen LogP contribution in [0.25, 0.3) is 11.4 Å². The predicted molar refractivity (Wildman–Crippen MR) is 153 cm³/mol. The number of esters is 1. The number of cyclic esters (lactones) is 1. The number of unbranched alkanes of at least 4 members (excludes halogenated alkanes) is 10. The first-order valence-electron chi connectivity index (χ1n) is 15.3. The molecule has 0 radical (unpaired) electrons. The number of aromatic nitrogens is 2. The van der Waals surface area contributed by atoms with Crippen LogP contribution in [0.4, 0.5) is 0 Å². The molecule has 0 amide bonds. The summed E-state index contributed by atoms with van der Waals surface area (Å²) in [7, 11) is 0. The standard InChI is InChI=1S/C33H50N2O2/c1-3-5-7-9-10-11-12-13-16-28-25-34-32(35-26-28)29-22-20-27(21-23-29)17-15-18-30-24-31(37-33(30)36)19-14-8-6-4-2/h20-23,25-26,30-31H,3-19,24H2,1-2H3/t30-,31-/m0/s1. The average Bonchev–Trinajstić information content (AvgIpc) is 3.28. The molecule has 0 aliphatic carbocycles. The number of carbonyl (C=O) groups is 1. The second kappa shape index (κ2) is 17.3. The second-order valence-corrected chi connectivity index (χ2v) is 11.1. The lowest BCUT2D eigenvalue weighted by molar-refractivity contribution is -0.144. The second-order valence-electron chi connectivity index (χ2n) is 11.1. The zero-order chi connectivity index (χ0) is 26.1. The molecular formula is C33H50N2O2. The van der Waals surface area contributed by atoms with Gasteiger partial charge >= 0.3 is 5.97 Å². The Morgan fingerprint density at radius 3 is 1.97 bits per heavy atom. The number of hydrogen-bond donors (Lipinski definition) is 0. The van der Waals surface area contributed by atoms with Gasteiger partial charge in [-0.3, -0.25) is 4.79 Å². The van der Waals surface area contributed by atoms with E-state index in [1.54, 1.807) is 0 Å². The van der Waals surface area contributed by atoms with E-state index in [1.165, 1.54) is 88.2 Å². The Hall–Kier alpha value is -2.23. The van der Waals surface area contributed by atoms with Crippen LogP contribution >= 0.6 is 0 Å². The van der Waals surface area contributed by atoms with Gasteiger partial charge in [0.25, 0.3) is 0 Å². The third-order valence-corrected chi connectivity index (χ3v) is 7.80. The number of carbonyl (C=O) groups excluding carboxylic acids is 1. The number of hydrogen-bond acceptors (Lipinski definition) is 4. The van der Waals surface area contributed by atoms with Gasteiger partial charge in [0.1, 0.15) is 6.10 Å². The van der Waals surface area contributed by atoms with Crippen molar-refractivity contribution in [2.24, 2.45) is 5.92 Å². The Bertz CT molecular complexity index is 878. The highest BCUT2D eigenvalue weighted by Crippen LogP contribution is 2.29. The molecule has 1 aromatic carbocycles. The first kappa shape index (κ1) is 29.3. The fraction of sp³-hybridized carbons (Fsp3) is 0.667. The quantitative estimate of drug-likeness (QED) is 0.141. The Morgan fingerprint density at radius 2 is 1.30 bits per heavy atom. The molecule has 204 valence electrons.